The summed E-state index contributed by atoms with van der Waals surface area (Å²) in [6, 6.07) is 5.48. The monoisotopic (exact) mass is 437 g/mol. The highest BCUT2D eigenvalue weighted by atomic mass is 19.1. The molecule has 0 saturated carbocycles. The number of benzene rings is 1. The minimum atomic E-state index is -0.632. The van der Waals surface area contributed by atoms with E-state index in [-0.39, 0.29) is 0 Å². The Morgan fingerprint density at radius 1 is 1.00 bits per heavy atom. The van der Waals surface area contributed by atoms with Crippen LogP contribution in [0.2, 0.25) is 0 Å². The minimum absolute atomic E-state index is 0.397. The van der Waals surface area contributed by atoms with E-state index in [0.717, 1.165) is 37.8 Å². The fourth-order valence-corrected chi connectivity index (χ4v) is 4.45. The molecule has 0 bridgehead atoms. The Bertz CT molecular complexity index is 1050. The SMILES string of the molecule is CC(C)N1CCN(N2C=CC=C3N=C(c4cc(F)cc(F)c4)C(c4ccnnc4)N32)CC1. The smallest absolute Gasteiger partial charge is 0.149 e. The van der Waals surface area contributed by atoms with Crippen LogP contribution >= 0.6 is 0 Å². The lowest BCUT2D eigenvalue weighted by molar-refractivity contribution is -0.153. The highest BCUT2D eigenvalue weighted by Gasteiger charge is 2.41. The molecule has 4 heterocycles. The van der Waals surface area contributed by atoms with E-state index in [2.05, 4.69) is 44.1 Å². The number of fused-ring (bicyclic) bond motifs is 1. The number of halogens is 2. The Morgan fingerprint density at radius 2 is 1.75 bits per heavy atom. The number of hydrogen-bond donors (Lipinski definition) is 0. The number of nitrogens with zero attached hydrogens (tertiary/aromatic N) is 7. The zero-order valence-corrected chi connectivity index (χ0v) is 18.1. The van der Waals surface area contributed by atoms with Gasteiger partial charge in [0.15, 0.2) is 0 Å². The number of aromatic nitrogens is 2. The van der Waals surface area contributed by atoms with E-state index in [1.165, 1.54) is 12.1 Å². The van der Waals surface area contributed by atoms with Gasteiger partial charge >= 0.3 is 0 Å². The standard InChI is InChI=1S/C23H25F2N7/c1-16(2)29-8-10-30(11-9-29)31-7-3-4-21-28-22(18-12-19(24)14-20(25)13-18)23(32(21)31)17-5-6-26-27-15-17/h3-7,12-16,23H,8-11H2,1-2H3. The van der Waals surface area contributed by atoms with Crippen LogP contribution in [0, 0.1) is 11.6 Å². The van der Waals surface area contributed by atoms with Crippen molar-refractivity contribution in [2.45, 2.75) is 25.9 Å². The van der Waals surface area contributed by atoms with Crippen LogP contribution < -0.4 is 0 Å². The second-order valence-electron chi connectivity index (χ2n) is 8.35. The van der Waals surface area contributed by atoms with Crippen molar-refractivity contribution in [3.05, 3.63) is 83.6 Å². The fraction of sp³-hybridized carbons (Fsp3) is 0.348. The van der Waals surface area contributed by atoms with Crippen LogP contribution in [0.4, 0.5) is 8.78 Å². The Hall–Kier alpha value is -3.17. The molecule has 3 aliphatic rings. The first kappa shape index (κ1) is 20.7. The third kappa shape index (κ3) is 3.78. The predicted molar refractivity (Wildman–Crippen MR) is 117 cm³/mol. The first-order valence-electron chi connectivity index (χ1n) is 10.8. The Morgan fingerprint density at radius 3 is 2.41 bits per heavy atom. The van der Waals surface area contributed by atoms with Gasteiger partial charge in [-0.15, -0.1) is 0 Å². The van der Waals surface area contributed by atoms with Crippen molar-refractivity contribution in [3.63, 3.8) is 0 Å². The van der Waals surface area contributed by atoms with Crippen LogP contribution in [0.25, 0.3) is 0 Å². The van der Waals surface area contributed by atoms with Crippen LogP contribution in [-0.2, 0) is 0 Å². The molecule has 1 saturated heterocycles. The number of aliphatic imine (C=N–C) groups is 1. The maximum Gasteiger partial charge on any atom is 0.149 e. The molecule has 0 N–H and O–H groups in total. The summed E-state index contributed by atoms with van der Waals surface area (Å²) in [6.07, 6.45) is 9.14. The van der Waals surface area contributed by atoms with Crippen molar-refractivity contribution in [2.75, 3.05) is 26.2 Å². The molecule has 3 aliphatic heterocycles. The van der Waals surface area contributed by atoms with Gasteiger partial charge in [0.25, 0.3) is 0 Å². The summed E-state index contributed by atoms with van der Waals surface area (Å²) in [7, 11) is 0. The van der Waals surface area contributed by atoms with E-state index in [1.54, 1.807) is 12.4 Å². The molecule has 7 nitrogen and oxygen atoms in total. The zero-order valence-electron chi connectivity index (χ0n) is 18.1. The van der Waals surface area contributed by atoms with E-state index in [1.807, 2.05) is 24.4 Å². The van der Waals surface area contributed by atoms with Crippen LogP contribution in [0.15, 0.2) is 65.8 Å². The molecule has 1 unspecified atom stereocenters. The van der Waals surface area contributed by atoms with Crippen LogP contribution in [0.3, 0.4) is 0 Å². The van der Waals surface area contributed by atoms with Crippen molar-refractivity contribution in [2.24, 2.45) is 4.99 Å². The van der Waals surface area contributed by atoms with Crippen LogP contribution in [-0.4, -0.2) is 68.2 Å². The molecule has 1 aromatic heterocycles. The van der Waals surface area contributed by atoms with E-state index in [9.17, 15) is 8.78 Å². The first-order valence-corrected chi connectivity index (χ1v) is 10.8. The third-order valence-corrected chi connectivity index (χ3v) is 6.05. The van der Waals surface area contributed by atoms with Gasteiger partial charge < -0.3 is 0 Å². The topological polar surface area (TPSA) is 51.1 Å². The number of hydrazine groups is 2. The average molecular weight is 437 g/mol. The van der Waals surface area contributed by atoms with E-state index >= 15 is 0 Å². The van der Waals surface area contributed by atoms with E-state index < -0.39 is 17.7 Å². The Labute approximate surface area is 185 Å². The molecule has 32 heavy (non-hydrogen) atoms. The van der Waals surface area contributed by atoms with Gasteiger partial charge in [0.05, 0.1) is 11.9 Å². The average Bonchev–Trinajstić information content (AvgIpc) is 3.19. The summed E-state index contributed by atoms with van der Waals surface area (Å²) in [4.78, 5) is 7.25. The Kier molecular flexibility index (Phi) is 5.44. The van der Waals surface area contributed by atoms with Gasteiger partial charge in [-0.25, -0.2) is 23.9 Å². The molecule has 0 spiro atoms. The molecular formula is C23H25F2N7. The normalized spacial score (nSPS) is 21.7. The molecule has 1 aromatic carbocycles. The van der Waals surface area contributed by atoms with Crippen molar-refractivity contribution < 1.29 is 8.78 Å². The second kappa shape index (κ2) is 8.40. The summed E-state index contributed by atoms with van der Waals surface area (Å²) in [5, 5.41) is 14.3. The molecule has 0 radical (unpaired) electrons. The lowest BCUT2D eigenvalue weighted by Crippen LogP contribution is -2.58. The van der Waals surface area contributed by atoms with Gasteiger partial charge in [0.1, 0.15) is 23.5 Å². The van der Waals surface area contributed by atoms with Gasteiger partial charge in [-0.2, -0.15) is 15.2 Å². The highest BCUT2D eigenvalue weighted by molar-refractivity contribution is 6.07. The molecule has 166 valence electrons. The second-order valence-corrected chi connectivity index (χ2v) is 8.35. The Balaban J connectivity index is 1.52. The maximum absolute atomic E-state index is 14.1. The minimum Gasteiger partial charge on any atom is -0.298 e. The lowest BCUT2D eigenvalue weighted by atomic mass is 9.98. The van der Waals surface area contributed by atoms with Crippen molar-refractivity contribution >= 4 is 5.71 Å². The van der Waals surface area contributed by atoms with Crippen LogP contribution in [0.1, 0.15) is 31.0 Å². The predicted octanol–water partition coefficient (Wildman–Crippen LogP) is 3.13. The van der Waals surface area contributed by atoms with Crippen molar-refractivity contribution in [1.82, 2.24) is 30.2 Å². The molecule has 5 rings (SSSR count). The quantitative estimate of drug-likeness (QED) is 0.733. The third-order valence-electron chi connectivity index (χ3n) is 6.05. The molecule has 1 fully saturated rings. The largest absolute Gasteiger partial charge is 0.298 e. The van der Waals surface area contributed by atoms with Gasteiger partial charge in [-0.3, -0.25) is 4.90 Å². The summed E-state index contributed by atoms with van der Waals surface area (Å²) in [5.74, 6) is -0.554. The summed E-state index contributed by atoms with van der Waals surface area (Å²) in [5.41, 5.74) is 1.81. The van der Waals surface area contributed by atoms with Gasteiger partial charge in [-0.1, -0.05) is 0 Å². The van der Waals surface area contributed by atoms with E-state index in [0.29, 0.717) is 23.1 Å². The number of piperazine rings is 1. The molecule has 9 heteroatoms. The molecule has 0 amide bonds. The molecule has 2 aromatic rings. The summed E-state index contributed by atoms with van der Waals surface area (Å²) < 4.78 is 28.1. The first-order chi connectivity index (χ1) is 15.5. The summed E-state index contributed by atoms with van der Waals surface area (Å²) in [6.45, 7) is 8.05. The molecule has 0 aliphatic carbocycles. The molecular weight excluding hydrogens is 412 g/mol. The number of hydrogen-bond acceptors (Lipinski definition) is 7. The van der Waals surface area contributed by atoms with Crippen molar-refractivity contribution in [1.29, 1.82) is 0 Å². The molecule has 1 atom stereocenters. The van der Waals surface area contributed by atoms with E-state index in [4.69, 9.17) is 4.99 Å². The van der Waals surface area contributed by atoms with Gasteiger partial charge in [0.2, 0.25) is 0 Å². The zero-order chi connectivity index (χ0) is 22.2. The summed E-state index contributed by atoms with van der Waals surface area (Å²) >= 11 is 0. The number of rotatable bonds is 4. The highest BCUT2D eigenvalue weighted by Crippen LogP contribution is 2.39. The maximum atomic E-state index is 14.1. The van der Waals surface area contributed by atoms with Crippen LogP contribution in [0.5, 0.6) is 0 Å². The number of allylic oxidation sites excluding steroid dienone is 2. The van der Waals surface area contributed by atoms with Crippen molar-refractivity contribution in [3.8, 4) is 0 Å². The fourth-order valence-electron chi connectivity index (χ4n) is 4.45. The van der Waals surface area contributed by atoms with Gasteiger partial charge in [0, 0.05) is 61.8 Å². The lowest BCUT2D eigenvalue weighted by Gasteiger charge is -2.48. The van der Waals surface area contributed by atoms with Gasteiger partial charge in [-0.05, 0) is 44.2 Å².